The Bertz CT molecular complexity index is 189. The van der Waals surface area contributed by atoms with Crippen molar-refractivity contribution >= 4 is 0 Å². The van der Waals surface area contributed by atoms with Crippen molar-refractivity contribution in [2.24, 2.45) is 17.8 Å². The lowest BCUT2D eigenvalue weighted by molar-refractivity contribution is 0.177. The zero-order valence-corrected chi connectivity index (χ0v) is 10.2. The first-order chi connectivity index (χ1) is 7.25. The zero-order valence-electron chi connectivity index (χ0n) is 10.2. The second-order valence-corrected chi connectivity index (χ2v) is 5.60. The fourth-order valence-corrected chi connectivity index (χ4v) is 2.98. The maximum Gasteiger partial charge on any atom is 0.0509 e. The Kier molecular flexibility index (Phi) is 4.04. The first-order valence-corrected chi connectivity index (χ1v) is 6.57. The highest BCUT2D eigenvalue weighted by Gasteiger charge is 2.25. The summed E-state index contributed by atoms with van der Waals surface area (Å²) in [5.74, 6) is 2.65. The lowest BCUT2D eigenvalue weighted by Crippen LogP contribution is -2.36. The molecule has 0 bridgehead atoms. The van der Waals surface area contributed by atoms with Crippen molar-refractivity contribution in [1.82, 2.24) is 5.32 Å². The van der Waals surface area contributed by atoms with Gasteiger partial charge in [-0.2, -0.15) is 0 Å². The van der Waals surface area contributed by atoms with E-state index in [-0.39, 0.29) is 0 Å². The second kappa shape index (κ2) is 5.31. The average Bonchev–Trinajstić information content (AvgIpc) is 2.84. The predicted molar refractivity (Wildman–Crippen MR) is 62.9 cm³/mol. The van der Waals surface area contributed by atoms with Crippen LogP contribution in [-0.4, -0.2) is 25.8 Å². The highest BCUT2D eigenvalue weighted by atomic mass is 16.5. The summed E-state index contributed by atoms with van der Waals surface area (Å²) in [6, 6.07) is 0.642. The molecule has 1 saturated heterocycles. The zero-order chi connectivity index (χ0) is 10.7. The fraction of sp³-hybridized carbons (Fsp3) is 1.00. The molecule has 1 saturated carbocycles. The molecule has 4 atom stereocenters. The van der Waals surface area contributed by atoms with Crippen LogP contribution in [0.4, 0.5) is 0 Å². The van der Waals surface area contributed by atoms with Gasteiger partial charge in [-0.1, -0.05) is 13.3 Å². The molecule has 0 spiro atoms. The minimum atomic E-state index is 0.642. The number of rotatable bonds is 4. The van der Waals surface area contributed by atoms with Gasteiger partial charge in [0.25, 0.3) is 0 Å². The molecule has 0 aromatic carbocycles. The van der Waals surface area contributed by atoms with Gasteiger partial charge in [-0.05, 0) is 50.5 Å². The largest absolute Gasteiger partial charge is 0.381 e. The molecule has 1 aliphatic carbocycles. The summed E-state index contributed by atoms with van der Waals surface area (Å²) in [5, 5.41) is 3.71. The maximum atomic E-state index is 5.43. The Balaban J connectivity index is 1.64. The molecule has 0 radical (unpaired) electrons. The van der Waals surface area contributed by atoms with Crippen molar-refractivity contribution in [3.8, 4) is 0 Å². The molecule has 1 heterocycles. The molecular formula is C13H25NO. The molecule has 2 aliphatic rings. The van der Waals surface area contributed by atoms with Gasteiger partial charge in [0.15, 0.2) is 0 Å². The summed E-state index contributed by atoms with van der Waals surface area (Å²) in [4.78, 5) is 0. The standard InChI is InChI=1S/C13H25NO/c1-10-3-4-12(7-10)8-14-11(2)13-5-6-15-9-13/h10-14H,3-9H2,1-2H3. The van der Waals surface area contributed by atoms with Gasteiger partial charge in [-0.15, -0.1) is 0 Å². The maximum absolute atomic E-state index is 5.43. The van der Waals surface area contributed by atoms with Crippen molar-refractivity contribution in [1.29, 1.82) is 0 Å². The third kappa shape index (κ3) is 3.18. The number of ether oxygens (including phenoxy) is 1. The Morgan fingerprint density at radius 3 is 2.80 bits per heavy atom. The smallest absolute Gasteiger partial charge is 0.0509 e. The van der Waals surface area contributed by atoms with E-state index in [1.807, 2.05) is 0 Å². The third-order valence-electron chi connectivity index (χ3n) is 4.20. The van der Waals surface area contributed by atoms with E-state index in [4.69, 9.17) is 4.74 Å². The highest BCUT2D eigenvalue weighted by Crippen LogP contribution is 2.30. The number of nitrogens with one attached hydrogen (secondary N) is 1. The molecular weight excluding hydrogens is 186 g/mol. The monoisotopic (exact) mass is 211 g/mol. The van der Waals surface area contributed by atoms with Gasteiger partial charge in [0.1, 0.15) is 0 Å². The molecule has 0 aromatic rings. The van der Waals surface area contributed by atoms with Crippen LogP contribution in [0.1, 0.15) is 39.5 Å². The minimum Gasteiger partial charge on any atom is -0.381 e. The van der Waals surface area contributed by atoms with Crippen LogP contribution < -0.4 is 5.32 Å². The Labute approximate surface area is 93.8 Å². The molecule has 0 amide bonds. The van der Waals surface area contributed by atoms with Gasteiger partial charge in [0.05, 0.1) is 6.61 Å². The van der Waals surface area contributed by atoms with Crippen molar-refractivity contribution in [3.63, 3.8) is 0 Å². The molecule has 4 unspecified atom stereocenters. The van der Waals surface area contributed by atoms with Crippen LogP contribution in [-0.2, 0) is 4.74 Å². The summed E-state index contributed by atoms with van der Waals surface area (Å²) >= 11 is 0. The van der Waals surface area contributed by atoms with Crippen LogP contribution in [0.3, 0.4) is 0 Å². The predicted octanol–water partition coefficient (Wildman–Crippen LogP) is 2.44. The summed E-state index contributed by atoms with van der Waals surface area (Å²) in [5.41, 5.74) is 0. The quantitative estimate of drug-likeness (QED) is 0.771. The normalized spacial score (nSPS) is 38.4. The van der Waals surface area contributed by atoms with E-state index in [0.717, 1.165) is 31.0 Å². The topological polar surface area (TPSA) is 21.3 Å². The van der Waals surface area contributed by atoms with E-state index < -0.39 is 0 Å². The van der Waals surface area contributed by atoms with Crippen LogP contribution >= 0.6 is 0 Å². The van der Waals surface area contributed by atoms with Crippen molar-refractivity contribution in [2.45, 2.75) is 45.6 Å². The first kappa shape index (κ1) is 11.4. The van der Waals surface area contributed by atoms with Gasteiger partial charge < -0.3 is 10.1 Å². The number of hydrogen-bond acceptors (Lipinski definition) is 2. The van der Waals surface area contributed by atoms with E-state index in [1.165, 1.54) is 32.2 Å². The Hall–Kier alpha value is -0.0800. The minimum absolute atomic E-state index is 0.642. The lowest BCUT2D eigenvalue weighted by Gasteiger charge is -2.21. The van der Waals surface area contributed by atoms with Crippen molar-refractivity contribution in [3.05, 3.63) is 0 Å². The van der Waals surface area contributed by atoms with Gasteiger partial charge in [-0.25, -0.2) is 0 Å². The summed E-state index contributed by atoms with van der Waals surface area (Å²) in [6.45, 7) is 7.86. The van der Waals surface area contributed by atoms with E-state index >= 15 is 0 Å². The van der Waals surface area contributed by atoms with Crippen LogP contribution in [0, 0.1) is 17.8 Å². The van der Waals surface area contributed by atoms with Crippen LogP contribution in [0.15, 0.2) is 0 Å². The highest BCUT2D eigenvalue weighted by molar-refractivity contribution is 4.79. The van der Waals surface area contributed by atoms with Gasteiger partial charge >= 0.3 is 0 Å². The van der Waals surface area contributed by atoms with Gasteiger partial charge in [0.2, 0.25) is 0 Å². The molecule has 15 heavy (non-hydrogen) atoms. The van der Waals surface area contributed by atoms with Crippen LogP contribution in [0.5, 0.6) is 0 Å². The van der Waals surface area contributed by atoms with Gasteiger partial charge in [0, 0.05) is 12.6 Å². The second-order valence-electron chi connectivity index (χ2n) is 5.60. The summed E-state index contributed by atoms with van der Waals surface area (Å²) < 4.78 is 5.43. The molecule has 88 valence electrons. The van der Waals surface area contributed by atoms with E-state index in [0.29, 0.717) is 6.04 Å². The first-order valence-electron chi connectivity index (χ1n) is 6.57. The molecule has 2 heteroatoms. The average molecular weight is 211 g/mol. The third-order valence-corrected chi connectivity index (χ3v) is 4.20. The van der Waals surface area contributed by atoms with Crippen molar-refractivity contribution in [2.75, 3.05) is 19.8 Å². The molecule has 2 nitrogen and oxygen atoms in total. The van der Waals surface area contributed by atoms with E-state index in [2.05, 4.69) is 19.2 Å². The van der Waals surface area contributed by atoms with Crippen LogP contribution in [0.2, 0.25) is 0 Å². The fourth-order valence-electron chi connectivity index (χ4n) is 2.98. The number of hydrogen-bond donors (Lipinski definition) is 1. The Morgan fingerprint density at radius 2 is 2.20 bits per heavy atom. The lowest BCUT2D eigenvalue weighted by atomic mass is 9.99. The molecule has 1 aliphatic heterocycles. The SMILES string of the molecule is CC1CCC(CNC(C)C2CCOC2)C1. The molecule has 2 rings (SSSR count). The van der Waals surface area contributed by atoms with Crippen molar-refractivity contribution < 1.29 is 4.74 Å². The summed E-state index contributed by atoms with van der Waals surface area (Å²) in [7, 11) is 0. The summed E-state index contributed by atoms with van der Waals surface area (Å²) in [6.07, 6.45) is 5.55. The Morgan fingerprint density at radius 1 is 1.33 bits per heavy atom. The van der Waals surface area contributed by atoms with Gasteiger partial charge in [-0.3, -0.25) is 0 Å². The molecule has 2 fully saturated rings. The molecule has 1 N–H and O–H groups in total. The van der Waals surface area contributed by atoms with Crippen LogP contribution in [0.25, 0.3) is 0 Å². The molecule has 0 aromatic heterocycles. The van der Waals surface area contributed by atoms with E-state index in [9.17, 15) is 0 Å². The van der Waals surface area contributed by atoms with E-state index in [1.54, 1.807) is 0 Å².